The van der Waals surface area contributed by atoms with Gasteiger partial charge in [-0.3, -0.25) is 0 Å². The summed E-state index contributed by atoms with van der Waals surface area (Å²) < 4.78 is 15.7. The Morgan fingerprint density at radius 1 is 0.793 bits per heavy atom. The van der Waals surface area contributed by atoms with E-state index in [1.807, 2.05) is 24.3 Å². The van der Waals surface area contributed by atoms with Crippen LogP contribution in [0.4, 0.5) is 0 Å². The highest BCUT2D eigenvalue weighted by Gasteiger charge is 2.20. The molecule has 0 radical (unpaired) electrons. The second-order valence-corrected chi connectivity index (χ2v) is 12.1. The molecular formula is C25H27I2O2+. The lowest BCUT2D eigenvalue weighted by molar-refractivity contribution is -0.598. The summed E-state index contributed by atoms with van der Waals surface area (Å²) in [6.45, 7) is 10.0. The Morgan fingerprint density at radius 3 is 1.97 bits per heavy atom. The lowest BCUT2D eigenvalue weighted by Gasteiger charge is -2.18. The number of hydrogen-bond acceptors (Lipinski definition) is 2. The van der Waals surface area contributed by atoms with E-state index in [-0.39, 0.29) is 26.6 Å². The van der Waals surface area contributed by atoms with Gasteiger partial charge in [0.05, 0.1) is 0 Å². The number of aryl methyl sites for hydroxylation is 1. The Hall–Kier alpha value is -1.28. The van der Waals surface area contributed by atoms with Crippen molar-refractivity contribution in [2.24, 2.45) is 0 Å². The predicted octanol–water partition coefficient (Wildman–Crippen LogP) is 3.48. The van der Waals surface area contributed by atoms with Crippen molar-refractivity contribution in [2.75, 3.05) is 13.2 Å². The summed E-state index contributed by atoms with van der Waals surface area (Å²) in [5, 5.41) is 0. The number of hydrogen-bond donors (Lipinski definition) is 0. The van der Waals surface area contributed by atoms with Gasteiger partial charge in [0.15, 0.2) is 7.14 Å². The molecule has 0 N–H and O–H groups in total. The highest BCUT2D eigenvalue weighted by Crippen LogP contribution is 2.21. The predicted molar refractivity (Wildman–Crippen MR) is 124 cm³/mol. The van der Waals surface area contributed by atoms with E-state index in [1.54, 1.807) is 0 Å². The van der Waals surface area contributed by atoms with E-state index < -0.39 is 0 Å². The fraction of sp³-hybridized carbons (Fsp3) is 0.280. The standard InChI is InChI=1S/C25H27I2O2/c1-18-17-23(29-16-15-28-22-11-7-20(26)8-12-22)13-14-24(18)27-21-9-5-19(6-10-21)25(2,3)4/h5-14,17H,15-16H2,1-4H3/q+1. The van der Waals surface area contributed by atoms with E-state index in [4.69, 9.17) is 9.47 Å². The van der Waals surface area contributed by atoms with Gasteiger partial charge in [0, 0.05) is 9.13 Å². The number of rotatable bonds is 7. The first kappa shape index (κ1) is 22.4. The van der Waals surface area contributed by atoms with Gasteiger partial charge in [0.2, 0.25) is 0 Å². The summed E-state index contributed by atoms with van der Waals surface area (Å²) in [5.41, 5.74) is 2.89. The van der Waals surface area contributed by atoms with Crippen LogP contribution in [0.5, 0.6) is 11.5 Å². The van der Waals surface area contributed by atoms with Crippen LogP contribution in [0.25, 0.3) is 0 Å². The Bertz CT molecular complexity index is 927. The third-order valence-electron chi connectivity index (χ3n) is 4.48. The number of benzene rings is 3. The van der Waals surface area contributed by atoms with Crippen LogP contribution in [0.1, 0.15) is 31.9 Å². The van der Waals surface area contributed by atoms with Crippen LogP contribution < -0.4 is 30.7 Å². The third-order valence-corrected chi connectivity index (χ3v) is 8.34. The first-order chi connectivity index (χ1) is 13.8. The van der Waals surface area contributed by atoms with Gasteiger partial charge in [-0.1, -0.05) is 32.9 Å². The second kappa shape index (κ2) is 10.2. The fourth-order valence-corrected chi connectivity index (χ4v) is 5.48. The van der Waals surface area contributed by atoms with Crippen molar-refractivity contribution >= 4 is 22.6 Å². The van der Waals surface area contributed by atoms with E-state index in [2.05, 4.69) is 92.8 Å². The van der Waals surface area contributed by atoms with Crippen molar-refractivity contribution in [3.8, 4) is 11.5 Å². The van der Waals surface area contributed by atoms with Crippen LogP contribution in [0.2, 0.25) is 0 Å². The molecule has 0 saturated heterocycles. The Labute approximate surface area is 198 Å². The minimum absolute atomic E-state index is 0.187. The van der Waals surface area contributed by atoms with E-state index in [9.17, 15) is 0 Å². The fourth-order valence-electron chi connectivity index (χ4n) is 2.79. The molecule has 3 aromatic carbocycles. The Kier molecular flexibility index (Phi) is 7.85. The molecule has 3 aromatic rings. The van der Waals surface area contributed by atoms with E-state index >= 15 is 0 Å². The van der Waals surface area contributed by atoms with Gasteiger partial charge in [-0.25, -0.2) is 0 Å². The Morgan fingerprint density at radius 2 is 1.38 bits per heavy atom. The van der Waals surface area contributed by atoms with Crippen molar-refractivity contribution in [2.45, 2.75) is 33.1 Å². The lowest BCUT2D eigenvalue weighted by Crippen LogP contribution is -3.61. The summed E-state index contributed by atoms with van der Waals surface area (Å²) in [5.74, 6) is 1.78. The molecule has 0 spiro atoms. The SMILES string of the molecule is Cc1cc(OCCOc2ccc(I)cc2)ccc1[I+]c1ccc(C(C)(C)C)cc1. The van der Waals surface area contributed by atoms with Gasteiger partial charge in [0.1, 0.15) is 24.7 Å². The highest BCUT2D eigenvalue weighted by molar-refractivity contribution is 14.1. The normalized spacial score (nSPS) is 11.3. The van der Waals surface area contributed by atoms with Gasteiger partial charge >= 0.3 is 21.2 Å². The molecule has 0 aliphatic heterocycles. The first-order valence-corrected chi connectivity index (χ1v) is 12.9. The zero-order valence-electron chi connectivity index (χ0n) is 17.3. The third kappa shape index (κ3) is 6.88. The van der Waals surface area contributed by atoms with Gasteiger partial charge in [0.25, 0.3) is 0 Å². The van der Waals surface area contributed by atoms with Crippen molar-refractivity contribution < 1.29 is 30.7 Å². The molecule has 0 aliphatic carbocycles. The smallest absolute Gasteiger partial charge is 0.358 e. The summed E-state index contributed by atoms with van der Waals surface area (Å²) >= 11 is 2.10. The molecule has 0 heterocycles. The van der Waals surface area contributed by atoms with Crippen LogP contribution in [0.3, 0.4) is 0 Å². The van der Waals surface area contributed by atoms with Crippen LogP contribution >= 0.6 is 22.6 Å². The molecule has 152 valence electrons. The zero-order valence-corrected chi connectivity index (χ0v) is 21.7. The monoisotopic (exact) mass is 613 g/mol. The topological polar surface area (TPSA) is 18.5 Å². The quantitative estimate of drug-likeness (QED) is 0.301. The molecule has 0 aromatic heterocycles. The second-order valence-electron chi connectivity index (χ2n) is 7.91. The molecule has 0 saturated carbocycles. The van der Waals surface area contributed by atoms with Crippen LogP contribution in [-0.2, 0) is 5.41 Å². The van der Waals surface area contributed by atoms with Gasteiger partial charge in [-0.2, -0.15) is 0 Å². The molecule has 2 nitrogen and oxygen atoms in total. The molecule has 0 bridgehead atoms. The molecule has 0 unspecified atom stereocenters. The molecule has 0 amide bonds. The number of halogens is 2. The van der Waals surface area contributed by atoms with Crippen molar-refractivity contribution in [3.05, 3.63) is 88.6 Å². The van der Waals surface area contributed by atoms with E-state index in [0.29, 0.717) is 13.2 Å². The average Bonchev–Trinajstić information content (AvgIpc) is 2.68. The van der Waals surface area contributed by atoms with Crippen molar-refractivity contribution in [1.82, 2.24) is 0 Å². The Balaban J connectivity index is 1.52. The maximum Gasteiger partial charge on any atom is 0.358 e. The average molecular weight is 613 g/mol. The molecule has 29 heavy (non-hydrogen) atoms. The van der Waals surface area contributed by atoms with Gasteiger partial charge < -0.3 is 9.47 Å². The maximum atomic E-state index is 5.88. The molecule has 0 fully saturated rings. The van der Waals surface area contributed by atoms with Crippen molar-refractivity contribution in [1.29, 1.82) is 0 Å². The summed E-state index contributed by atoms with van der Waals surface area (Å²) in [6.07, 6.45) is 0. The minimum atomic E-state index is -0.187. The molecule has 4 heteroatoms. The summed E-state index contributed by atoms with van der Waals surface area (Å²) in [7, 11) is 0. The van der Waals surface area contributed by atoms with Crippen molar-refractivity contribution in [3.63, 3.8) is 0 Å². The van der Waals surface area contributed by atoms with E-state index in [0.717, 1.165) is 11.5 Å². The van der Waals surface area contributed by atoms with Gasteiger partial charge in [-0.15, -0.1) is 0 Å². The van der Waals surface area contributed by atoms with Crippen LogP contribution in [0, 0.1) is 17.6 Å². The van der Waals surface area contributed by atoms with Crippen LogP contribution in [0.15, 0.2) is 66.7 Å². The van der Waals surface area contributed by atoms with Gasteiger partial charge in [-0.05, 0) is 95.1 Å². The molecule has 3 rings (SSSR count). The summed E-state index contributed by atoms with van der Waals surface area (Å²) in [6, 6.07) is 23.6. The largest absolute Gasteiger partial charge is 0.490 e. The highest BCUT2D eigenvalue weighted by atomic mass is 127. The molecular weight excluding hydrogens is 586 g/mol. The van der Waals surface area contributed by atoms with Crippen LogP contribution in [-0.4, -0.2) is 13.2 Å². The minimum Gasteiger partial charge on any atom is -0.490 e. The summed E-state index contributed by atoms with van der Waals surface area (Å²) in [4.78, 5) is 0. The van der Waals surface area contributed by atoms with E-state index in [1.165, 1.54) is 21.8 Å². The number of ether oxygens (including phenoxy) is 2. The first-order valence-electron chi connectivity index (χ1n) is 9.68. The maximum absolute atomic E-state index is 5.88. The molecule has 0 aliphatic rings. The zero-order chi connectivity index (χ0) is 20.9. The molecule has 0 atom stereocenters. The lowest BCUT2D eigenvalue weighted by atomic mass is 9.87.